The number of hydrogen-bond donors (Lipinski definition) is 2. The van der Waals surface area contributed by atoms with Gasteiger partial charge in [-0.1, -0.05) is 0 Å². The highest BCUT2D eigenvalue weighted by atomic mass is 32.2. The molecule has 0 saturated heterocycles. The van der Waals surface area contributed by atoms with E-state index in [4.69, 9.17) is 22.9 Å². The third-order valence-electron chi connectivity index (χ3n) is 4.60. The lowest BCUT2D eigenvalue weighted by molar-refractivity contribution is -0.683. The van der Waals surface area contributed by atoms with Crippen molar-refractivity contribution >= 4 is 39.1 Å². The highest BCUT2D eigenvalue weighted by Gasteiger charge is 2.32. The number of anilines is 1. The number of aryl methyl sites for hydroxylation is 1. The van der Waals surface area contributed by atoms with Gasteiger partial charge in [-0.2, -0.15) is 8.42 Å². The van der Waals surface area contributed by atoms with Crippen molar-refractivity contribution < 1.29 is 45.7 Å². The normalized spacial score (nSPS) is 14.8. The summed E-state index contributed by atoms with van der Waals surface area (Å²) in [5, 5.41) is 9.36. The molecule has 1 aromatic carbocycles. The molecule has 11 nitrogen and oxygen atoms in total. The quantitative estimate of drug-likeness (QED) is 0.385. The van der Waals surface area contributed by atoms with Gasteiger partial charge in [-0.05, 0) is 12.1 Å². The zero-order chi connectivity index (χ0) is 22.2. The average molecular weight is 451 g/mol. The zero-order valence-corrected chi connectivity index (χ0v) is 17.2. The Morgan fingerprint density at radius 1 is 1.32 bits per heavy atom. The van der Waals surface area contributed by atoms with Crippen LogP contribution >= 0.6 is 0 Å². The van der Waals surface area contributed by atoms with Crippen LogP contribution < -0.4 is 18.9 Å². The van der Waals surface area contributed by atoms with Crippen molar-refractivity contribution in [3.8, 4) is 11.5 Å². The Kier molecular flexibility index (Phi) is 5.33. The molecule has 0 radical (unpaired) electrons. The lowest BCUT2D eigenvalue weighted by Gasteiger charge is -2.15. The van der Waals surface area contributed by atoms with E-state index in [-0.39, 0.29) is 31.3 Å². The monoisotopic (exact) mass is 451 g/mol. The number of hydrogen-bond acceptors (Lipinski definition) is 8. The van der Waals surface area contributed by atoms with Gasteiger partial charge in [-0.25, -0.2) is 0 Å². The number of benzene rings is 1. The number of nitrogens with zero attached hydrogens (tertiary/aromatic N) is 2. The summed E-state index contributed by atoms with van der Waals surface area (Å²) >= 11 is 0. The van der Waals surface area contributed by atoms with Gasteiger partial charge in [0.05, 0.1) is 18.6 Å². The molecule has 2 aromatic heterocycles. The third kappa shape index (κ3) is 4.34. The van der Waals surface area contributed by atoms with E-state index in [0.717, 1.165) is 0 Å². The van der Waals surface area contributed by atoms with E-state index in [0.29, 0.717) is 28.5 Å². The Labute approximate surface area is 176 Å². The first-order valence-electron chi connectivity index (χ1n) is 9.17. The fraction of sp³-hybridized carbons (Fsp3) is 0.263. The van der Waals surface area contributed by atoms with Gasteiger partial charge in [0.2, 0.25) is 11.5 Å². The summed E-state index contributed by atoms with van der Waals surface area (Å²) in [5.41, 5.74) is 1.30. The number of fused-ring (bicyclic) bond motifs is 2. The van der Waals surface area contributed by atoms with Gasteiger partial charge in [-0.3, -0.25) is 14.2 Å². The summed E-state index contributed by atoms with van der Waals surface area (Å²) in [4.78, 5) is 12.9. The first-order chi connectivity index (χ1) is 14.7. The van der Waals surface area contributed by atoms with E-state index in [1.165, 1.54) is 24.3 Å². The summed E-state index contributed by atoms with van der Waals surface area (Å²) in [6, 6.07) is 6.61. The molecule has 12 heteroatoms. The fourth-order valence-electron chi connectivity index (χ4n) is 3.28. The lowest BCUT2D eigenvalue weighted by Crippen LogP contribution is -2.36. The van der Waals surface area contributed by atoms with Crippen molar-refractivity contribution in [3.63, 3.8) is 0 Å². The second-order valence-electron chi connectivity index (χ2n) is 6.72. The summed E-state index contributed by atoms with van der Waals surface area (Å²) in [7, 11) is -2.61. The number of aliphatic carboxylic acids is 1. The van der Waals surface area contributed by atoms with Gasteiger partial charge in [0, 0.05) is 18.6 Å². The van der Waals surface area contributed by atoms with Crippen LogP contribution in [0.15, 0.2) is 45.2 Å². The molecule has 0 aliphatic carbocycles. The number of furan rings is 1. The lowest BCUT2D eigenvalue weighted by atomic mass is 10.2. The molecule has 0 unspecified atom stereocenters. The number of methoxy groups -OCH3 is 1. The van der Waals surface area contributed by atoms with Crippen LogP contribution in [-0.4, -0.2) is 43.5 Å². The van der Waals surface area contributed by atoms with Crippen LogP contribution in [0.2, 0.25) is 0 Å². The van der Waals surface area contributed by atoms with Crippen LogP contribution in [0, 0.1) is 0 Å². The topological polar surface area (TPSA) is 144 Å². The molecule has 2 N–H and O–H groups in total. The second-order valence-corrected chi connectivity index (χ2v) is 8.29. The predicted molar refractivity (Wildman–Crippen MR) is 106 cm³/mol. The molecule has 4 rings (SSSR count). The summed E-state index contributed by atoms with van der Waals surface area (Å²) < 4.78 is 54.9. The maximum absolute atomic E-state index is 11.4. The van der Waals surface area contributed by atoms with E-state index in [2.05, 4.69) is 0 Å². The SMILES string of the molecule is COc1ccc2c(c1)N(CC(=O)O)C(=Cc1oc3ccoc3[n+]1CCCS(=O)(=O)O)O2. The molecule has 31 heavy (non-hydrogen) atoms. The van der Waals surface area contributed by atoms with Crippen molar-refractivity contribution in [3.05, 3.63) is 42.3 Å². The molecule has 1 aliphatic heterocycles. The Bertz CT molecular complexity index is 1270. The van der Waals surface area contributed by atoms with Gasteiger partial charge < -0.3 is 23.4 Å². The molecule has 0 bridgehead atoms. The van der Waals surface area contributed by atoms with Crippen LogP contribution in [0.5, 0.6) is 11.5 Å². The van der Waals surface area contributed by atoms with E-state index in [1.54, 1.807) is 28.8 Å². The zero-order valence-electron chi connectivity index (χ0n) is 16.3. The number of aromatic nitrogens is 1. The molecule has 3 aromatic rings. The van der Waals surface area contributed by atoms with Gasteiger partial charge in [0.25, 0.3) is 10.1 Å². The van der Waals surface area contributed by atoms with Crippen LogP contribution in [0.25, 0.3) is 17.4 Å². The first kappa shape index (κ1) is 20.8. The van der Waals surface area contributed by atoms with Crippen LogP contribution in [0.1, 0.15) is 12.3 Å². The molecule has 0 fully saturated rings. The summed E-state index contributed by atoms with van der Waals surface area (Å²) in [5.74, 6) is -0.0629. The predicted octanol–water partition coefficient (Wildman–Crippen LogP) is 1.88. The molecule has 0 spiro atoms. The molecule has 0 amide bonds. The van der Waals surface area contributed by atoms with Gasteiger partial charge in [-0.15, -0.1) is 4.57 Å². The highest BCUT2D eigenvalue weighted by Crippen LogP contribution is 2.41. The van der Waals surface area contributed by atoms with Gasteiger partial charge in [0.1, 0.15) is 24.6 Å². The number of carboxylic acid groups (broad SMARTS) is 1. The Morgan fingerprint density at radius 2 is 2.13 bits per heavy atom. The number of carboxylic acids is 1. The van der Waals surface area contributed by atoms with Crippen molar-refractivity contribution in [2.75, 3.05) is 24.3 Å². The number of ether oxygens (including phenoxy) is 2. The molecule has 0 atom stereocenters. The fourth-order valence-corrected chi connectivity index (χ4v) is 3.77. The Balaban J connectivity index is 1.72. The average Bonchev–Trinajstić information content (AvgIpc) is 3.36. The molecule has 164 valence electrons. The van der Waals surface area contributed by atoms with Crippen LogP contribution in [0.3, 0.4) is 0 Å². The number of rotatable bonds is 8. The van der Waals surface area contributed by atoms with Gasteiger partial charge >= 0.3 is 17.6 Å². The Morgan fingerprint density at radius 3 is 2.84 bits per heavy atom. The largest absolute Gasteiger partial charge is 0.497 e. The number of oxazole rings is 1. The number of carbonyl (C=O) groups is 1. The molecule has 0 saturated carbocycles. The smallest absolute Gasteiger partial charge is 0.420 e. The Hall–Kier alpha value is -3.51. The summed E-state index contributed by atoms with van der Waals surface area (Å²) in [6.07, 6.45) is 3.03. The van der Waals surface area contributed by atoms with E-state index in [1.807, 2.05) is 0 Å². The highest BCUT2D eigenvalue weighted by molar-refractivity contribution is 7.85. The molecular formula is C19H19N2O9S+. The minimum atomic E-state index is -4.12. The van der Waals surface area contributed by atoms with Crippen molar-refractivity contribution in [2.45, 2.75) is 13.0 Å². The third-order valence-corrected chi connectivity index (χ3v) is 5.40. The molecule has 3 heterocycles. The van der Waals surface area contributed by atoms with Crippen molar-refractivity contribution in [1.82, 2.24) is 0 Å². The summed E-state index contributed by atoms with van der Waals surface area (Å²) in [6.45, 7) is -0.204. The van der Waals surface area contributed by atoms with Crippen LogP contribution in [-0.2, 0) is 21.5 Å². The van der Waals surface area contributed by atoms with E-state index >= 15 is 0 Å². The first-order valence-corrected chi connectivity index (χ1v) is 10.8. The van der Waals surface area contributed by atoms with E-state index in [9.17, 15) is 18.3 Å². The molecule has 1 aliphatic rings. The maximum atomic E-state index is 11.4. The second kappa shape index (κ2) is 7.96. The van der Waals surface area contributed by atoms with Gasteiger partial charge in [0.15, 0.2) is 12.3 Å². The van der Waals surface area contributed by atoms with Crippen molar-refractivity contribution in [1.29, 1.82) is 0 Å². The minimum absolute atomic E-state index is 0.103. The standard InChI is InChI=1S/C19H18N2O9S/c1-27-12-3-4-14-13(9-12)21(11-18(22)23)17(29-14)10-16-20(6-2-8-31(24,25)26)19-15(30-16)5-7-28-19/h3-5,7,9-10H,2,6,8,11H2,1H3,(H-,22,23,24,25,26)/p+1. The molecular weight excluding hydrogens is 432 g/mol. The maximum Gasteiger partial charge on any atom is 0.420 e. The van der Waals surface area contributed by atoms with E-state index < -0.39 is 21.8 Å². The van der Waals surface area contributed by atoms with Crippen molar-refractivity contribution in [2.24, 2.45) is 0 Å². The minimum Gasteiger partial charge on any atom is -0.497 e. The van der Waals surface area contributed by atoms with Crippen LogP contribution in [0.4, 0.5) is 5.69 Å².